The zero-order valence-electron chi connectivity index (χ0n) is 11.8. The summed E-state index contributed by atoms with van der Waals surface area (Å²) in [4.78, 5) is 4.20. The second-order valence-electron chi connectivity index (χ2n) is 5.15. The Morgan fingerprint density at radius 2 is 1.90 bits per heavy atom. The predicted octanol–water partition coefficient (Wildman–Crippen LogP) is 4.20. The fraction of sp³-hybridized carbons (Fsp3) is 0.235. The molecule has 3 heteroatoms. The Hall–Kier alpha value is -2.29. The van der Waals surface area contributed by atoms with E-state index in [0.29, 0.717) is 12.6 Å². The van der Waals surface area contributed by atoms with E-state index in [9.17, 15) is 0 Å². The molecule has 1 heterocycles. The van der Waals surface area contributed by atoms with Gasteiger partial charge in [0, 0.05) is 11.4 Å². The van der Waals surface area contributed by atoms with E-state index < -0.39 is 0 Å². The van der Waals surface area contributed by atoms with Gasteiger partial charge in [-0.1, -0.05) is 36.4 Å². The molecule has 0 saturated carbocycles. The maximum absolute atomic E-state index is 5.99. The molecule has 0 aliphatic heterocycles. The molecule has 3 rings (SSSR count). The number of benzene rings is 2. The second kappa shape index (κ2) is 5.37. The standard InChI is InChI=1S/C17H18N2O/c1-13(2)19-12-18-10-15(19)11-20-17-9-5-7-14-6-3-4-8-16(14)17/h3-10,12-13H,11H2,1-2H3. The summed E-state index contributed by atoms with van der Waals surface area (Å²) in [6, 6.07) is 14.8. The van der Waals surface area contributed by atoms with Crippen molar-refractivity contribution in [2.24, 2.45) is 0 Å². The molecule has 0 aliphatic rings. The average Bonchev–Trinajstić information content (AvgIpc) is 2.93. The summed E-state index contributed by atoms with van der Waals surface area (Å²) in [6.45, 7) is 4.82. The second-order valence-corrected chi connectivity index (χ2v) is 5.15. The van der Waals surface area contributed by atoms with Crippen molar-refractivity contribution in [3.8, 4) is 5.75 Å². The van der Waals surface area contributed by atoms with Gasteiger partial charge in [-0.2, -0.15) is 0 Å². The SMILES string of the molecule is CC(C)n1cncc1COc1cccc2ccccc12. The molecular weight excluding hydrogens is 248 g/mol. The van der Waals surface area contributed by atoms with Crippen molar-refractivity contribution in [2.45, 2.75) is 26.5 Å². The lowest BCUT2D eigenvalue weighted by atomic mass is 10.1. The Bertz CT molecular complexity index is 710. The third-order valence-corrected chi connectivity index (χ3v) is 3.43. The Morgan fingerprint density at radius 1 is 1.10 bits per heavy atom. The summed E-state index contributed by atoms with van der Waals surface area (Å²) in [6.07, 6.45) is 3.72. The van der Waals surface area contributed by atoms with Gasteiger partial charge in [0.15, 0.2) is 0 Å². The van der Waals surface area contributed by atoms with Crippen LogP contribution in [0.5, 0.6) is 5.75 Å². The maximum Gasteiger partial charge on any atom is 0.130 e. The molecule has 0 saturated heterocycles. The number of rotatable bonds is 4. The first-order chi connectivity index (χ1) is 9.75. The van der Waals surface area contributed by atoms with Crippen LogP contribution in [0.1, 0.15) is 25.6 Å². The number of nitrogens with zero attached hydrogens (tertiary/aromatic N) is 2. The molecule has 2 aromatic carbocycles. The van der Waals surface area contributed by atoms with Crippen molar-refractivity contribution >= 4 is 10.8 Å². The fourth-order valence-electron chi connectivity index (χ4n) is 2.38. The molecule has 0 aliphatic carbocycles. The molecule has 0 atom stereocenters. The first-order valence-corrected chi connectivity index (χ1v) is 6.87. The number of hydrogen-bond acceptors (Lipinski definition) is 2. The summed E-state index contributed by atoms with van der Waals surface area (Å²) >= 11 is 0. The number of imidazole rings is 1. The summed E-state index contributed by atoms with van der Waals surface area (Å²) in [7, 11) is 0. The third kappa shape index (κ3) is 2.39. The highest BCUT2D eigenvalue weighted by molar-refractivity contribution is 5.88. The van der Waals surface area contributed by atoms with Crippen LogP contribution in [0.25, 0.3) is 10.8 Å². The van der Waals surface area contributed by atoms with Crippen molar-refractivity contribution in [3.63, 3.8) is 0 Å². The lowest BCUT2D eigenvalue weighted by molar-refractivity contribution is 0.295. The van der Waals surface area contributed by atoms with E-state index in [0.717, 1.165) is 16.8 Å². The number of aromatic nitrogens is 2. The summed E-state index contributed by atoms with van der Waals surface area (Å²) in [5, 5.41) is 2.34. The summed E-state index contributed by atoms with van der Waals surface area (Å²) in [5.74, 6) is 0.916. The van der Waals surface area contributed by atoms with Crippen LogP contribution < -0.4 is 4.74 Å². The van der Waals surface area contributed by atoms with E-state index in [4.69, 9.17) is 4.74 Å². The molecule has 1 aromatic heterocycles. The van der Waals surface area contributed by atoms with Gasteiger partial charge in [0.25, 0.3) is 0 Å². The largest absolute Gasteiger partial charge is 0.487 e. The monoisotopic (exact) mass is 266 g/mol. The van der Waals surface area contributed by atoms with Crippen molar-refractivity contribution in [1.82, 2.24) is 9.55 Å². The molecule has 3 nitrogen and oxygen atoms in total. The van der Waals surface area contributed by atoms with Gasteiger partial charge in [-0.3, -0.25) is 0 Å². The average molecular weight is 266 g/mol. The lowest BCUT2D eigenvalue weighted by Gasteiger charge is -2.13. The van der Waals surface area contributed by atoms with E-state index in [1.807, 2.05) is 36.8 Å². The molecule has 0 unspecified atom stereocenters. The summed E-state index contributed by atoms with van der Waals surface area (Å²) in [5.41, 5.74) is 1.09. The molecule has 0 fully saturated rings. The molecule has 0 N–H and O–H groups in total. The minimum atomic E-state index is 0.392. The van der Waals surface area contributed by atoms with Crippen LogP contribution >= 0.6 is 0 Å². The Balaban J connectivity index is 1.85. The van der Waals surface area contributed by atoms with E-state index in [-0.39, 0.29) is 0 Å². The Labute approximate surface area is 118 Å². The minimum absolute atomic E-state index is 0.392. The highest BCUT2D eigenvalue weighted by atomic mass is 16.5. The molecule has 0 bridgehead atoms. The van der Waals surface area contributed by atoms with E-state index in [1.54, 1.807) is 0 Å². The van der Waals surface area contributed by atoms with Gasteiger partial charge in [0.1, 0.15) is 12.4 Å². The molecule has 0 radical (unpaired) electrons. The summed E-state index contributed by atoms with van der Waals surface area (Å²) < 4.78 is 8.12. The van der Waals surface area contributed by atoms with Gasteiger partial charge >= 0.3 is 0 Å². The van der Waals surface area contributed by atoms with Crippen molar-refractivity contribution in [2.75, 3.05) is 0 Å². The first kappa shape index (κ1) is 12.7. The molecule has 20 heavy (non-hydrogen) atoms. The quantitative estimate of drug-likeness (QED) is 0.707. The molecular formula is C17H18N2O. The molecule has 0 spiro atoms. The van der Waals surface area contributed by atoms with Crippen LogP contribution in [0.15, 0.2) is 55.0 Å². The van der Waals surface area contributed by atoms with Gasteiger partial charge in [-0.25, -0.2) is 4.98 Å². The lowest BCUT2D eigenvalue weighted by Crippen LogP contribution is -2.07. The maximum atomic E-state index is 5.99. The fourth-order valence-corrected chi connectivity index (χ4v) is 2.38. The van der Waals surface area contributed by atoms with Crippen LogP contribution in [-0.4, -0.2) is 9.55 Å². The van der Waals surface area contributed by atoms with Crippen molar-refractivity contribution in [3.05, 3.63) is 60.7 Å². The van der Waals surface area contributed by atoms with Crippen LogP contribution in [0, 0.1) is 0 Å². The predicted molar refractivity (Wildman–Crippen MR) is 80.9 cm³/mol. The highest BCUT2D eigenvalue weighted by Crippen LogP contribution is 2.26. The molecule has 0 amide bonds. The molecule has 102 valence electrons. The topological polar surface area (TPSA) is 27.1 Å². The smallest absolute Gasteiger partial charge is 0.130 e. The minimum Gasteiger partial charge on any atom is -0.487 e. The van der Waals surface area contributed by atoms with E-state index in [1.165, 1.54) is 5.39 Å². The number of fused-ring (bicyclic) bond motifs is 1. The first-order valence-electron chi connectivity index (χ1n) is 6.87. The van der Waals surface area contributed by atoms with Gasteiger partial charge in [-0.05, 0) is 25.3 Å². The Kier molecular flexibility index (Phi) is 3.42. The van der Waals surface area contributed by atoms with E-state index in [2.05, 4.69) is 41.6 Å². The Morgan fingerprint density at radius 3 is 2.75 bits per heavy atom. The van der Waals surface area contributed by atoms with Gasteiger partial charge in [-0.15, -0.1) is 0 Å². The van der Waals surface area contributed by atoms with Gasteiger partial charge < -0.3 is 9.30 Å². The van der Waals surface area contributed by atoms with Crippen LogP contribution in [0.2, 0.25) is 0 Å². The van der Waals surface area contributed by atoms with E-state index >= 15 is 0 Å². The van der Waals surface area contributed by atoms with Crippen molar-refractivity contribution in [1.29, 1.82) is 0 Å². The number of hydrogen-bond donors (Lipinski definition) is 0. The number of ether oxygens (including phenoxy) is 1. The van der Waals surface area contributed by atoms with Gasteiger partial charge in [0.05, 0.1) is 18.2 Å². The van der Waals surface area contributed by atoms with Crippen LogP contribution in [0.4, 0.5) is 0 Å². The highest BCUT2D eigenvalue weighted by Gasteiger charge is 2.07. The zero-order chi connectivity index (χ0) is 13.9. The van der Waals surface area contributed by atoms with Crippen molar-refractivity contribution < 1.29 is 4.74 Å². The molecule has 3 aromatic rings. The normalized spacial score (nSPS) is 11.2. The zero-order valence-corrected chi connectivity index (χ0v) is 11.8. The van der Waals surface area contributed by atoms with Gasteiger partial charge in [0.2, 0.25) is 0 Å². The third-order valence-electron chi connectivity index (χ3n) is 3.43. The van der Waals surface area contributed by atoms with Crippen LogP contribution in [0.3, 0.4) is 0 Å². The van der Waals surface area contributed by atoms with Crippen LogP contribution in [-0.2, 0) is 6.61 Å².